The maximum atomic E-state index is 13.3. The molecule has 8 heteroatoms. The van der Waals surface area contributed by atoms with Crippen LogP contribution < -0.4 is 10.1 Å². The zero-order valence-electron chi connectivity index (χ0n) is 17.7. The molecule has 0 saturated carbocycles. The highest BCUT2D eigenvalue weighted by atomic mass is 19.1. The van der Waals surface area contributed by atoms with Gasteiger partial charge in [0.15, 0.2) is 5.71 Å². The standard InChI is InChI=1S/C22H26FN3O4/c1-14-9-8-11-18(21(26-28-5)22(27)24-4)19(14)13-29-25-15(2)17-10-6-7-12-20(17)30-16(3)23/h6-12,16H,13H2,1-5H3,(H,24,27)/b25-15+,26-21+. The number of aryl methyl sites for hydroxylation is 1. The predicted octanol–water partition coefficient (Wildman–Crippen LogP) is 3.73. The van der Waals surface area contributed by atoms with E-state index in [1.807, 2.05) is 19.1 Å². The quantitative estimate of drug-likeness (QED) is 0.500. The number of oxime groups is 2. The number of nitrogens with one attached hydrogen (secondary N) is 1. The summed E-state index contributed by atoms with van der Waals surface area (Å²) in [7, 11) is 2.89. The Morgan fingerprint density at radius 1 is 1.13 bits per heavy atom. The number of halogens is 1. The summed E-state index contributed by atoms with van der Waals surface area (Å²) in [5, 5.41) is 10.6. The average molecular weight is 415 g/mol. The molecule has 0 radical (unpaired) electrons. The SMILES string of the molecule is CNC(=O)/C(=N/OC)c1cccc(C)c1CO/N=C(\C)c1ccccc1OC(C)F. The van der Waals surface area contributed by atoms with Crippen molar-refractivity contribution >= 4 is 17.3 Å². The van der Waals surface area contributed by atoms with E-state index < -0.39 is 6.36 Å². The Balaban J connectivity index is 2.29. The van der Waals surface area contributed by atoms with Gasteiger partial charge in [-0.25, -0.2) is 4.39 Å². The molecular formula is C22H26FN3O4. The van der Waals surface area contributed by atoms with Gasteiger partial charge < -0.3 is 19.7 Å². The minimum Gasteiger partial charge on any atom is -0.460 e. The molecule has 0 bridgehead atoms. The van der Waals surface area contributed by atoms with Crippen molar-refractivity contribution in [2.24, 2.45) is 10.3 Å². The molecule has 0 heterocycles. The first-order chi connectivity index (χ1) is 14.4. The van der Waals surface area contributed by atoms with E-state index in [0.717, 1.165) is 11.1 Å². The number of hydrogen-bond acceptors (Lipinski definition) is 6. The van der Waals surface area contributed by atoms with E-state index in [2.05, 4.69) is 15.6 Å². The summed E-state index contributed by atoms with van der Waals surface area (Å²) < 4.78 is 18.5. The lowest BCUT2D eigenvalue weighted by atomic mass is 9.98. The fourth-order valence-corrected chi connectivity index (χ4v) is 2.82. The molecule has 160 valence electrons. The number of rotatable bonds is 9. The third-order valence-electron chi connectivity index (χ3n) is 4.27. The molecule has 0 fully saturated rings. The van der Waals surface area contributed by atoms with Crippen LogP contribution in [-0.2, 0) is 21.1 Å². The molecule has 30 heavy (non-hydrogen) atoms. The van der Waals surface area contributed by atoms with Gasteiger partial charge in [0, 0.05) is 30.7 Å². The second kappa shape index (κ2) is 10.9. The normalized spacial score (nSPS) is 12.9. The third kappa shape index (κ3) is 5.79. The van der Waals surface area contributed by atoms with Gasteiger partial charge in [-0.1, -0.05) is 40.6 Å². The number of ether oxygens (including phenoxy) is 1. The molecule has 1 unspecified atom stereocenters. The Kier molecular flexibility index (Phi) is 8.34. The first-order valence-corrected chi connectivity index (χ1v) is 9.37. The highest BCUT2D eigenvalue weighted by Crippen LogP contribution is 2.22. The van der Waals surface area contributed by atoms with Gasteiger partial charge in [-0.15, -0.1) is 0 Å². The molecule has 2 aromatic carbocycles. The molecule has 2 aromatic rings. The number of benzene rings is 2. The van der Waals surface area contributed by atoms with E-state index >= 15 is 0 Å². The molecule has 0 aliphatic rings. The molecule has 0 spiro atoms. The Morgan fingerprint density at radius 2 is 1.83 bits per heavy atom. The minimum absolute atomic E-state index is 0.0988. The van der Waals surface area contributed by atoms with Gasteiger partial charge in [0.2, 0.25) is 6.36 Å². The van der Waals surface area contributed by atoms with Gasteiger partial charge in [0.1, 0.15) is 19.5 Å². The maximum Gasteiger partial charge on any atom is 0.273 e. The van der Waals surface area contributed by atoms with E-state index in [1.165, 1.54) is 21.1 Å². The zero-order chi connectivity index (χ0) is 22.1. The number of nitrogens with zero attached hydrogens (tertiary/aromatic N) is 2. The van der Waals surface area contributed by atoms with Crippen LogP contribution in [0.3, 0.4) is 0 Å². The number of likely N-dealkylation sites (N-methyl/N-ethyl adjacent to an activating group) is 1. The van der Waals surface area contributed by atoms with Crippen molar-refractivity contribution in [1.82, 2.24) is 5.32 Å². The highest BCUT2D eigenvalue weighted by molar-refractivity contribution is 6.45. The largest absolute Gasteiger partial charge is 0.460 e. The van der Waals surface area contributed by atoms with E-state index in [9.17, 15) is 9.18 Å². The van der Waals surface area contributed by atoms with E-state index in [1.54, 1.807) is 37.3 Å². The van der Waals surface area contributed by atoms with Crippen molar-refractivity contribution in [3.63, 3.8) is 0 Å². The lowest BCUT2D eigenvalue weighted by molar-refractivity contribution is -0.114. The van der Waals surface area contributed by atoms with Crippen molar-refractivity contribution in [1.29, 1.82) is 0 Å². The van der Waals surface area contributed by atoms with Crippen LogP contribution in [0.25, 0.3) is 0 Å². The fourth-order valence-electron chi connectivity index (χ4n) is 2.82. The minimum atomic E-state index is -1.45. The van der Waals surface area contributed by atoms with Crippen LogP contribution in [0.4, 0.5) is 4.39 Å². The van der Waals surface area contributed by atoms with Crippen molar-refractivity contribution in [3.05, 3.63) is 64.7 Å². The molecule has 1 atom stereocenters. The molecule has 1 N–H and O–H groups in total. The lowest BCUT2D eigenvalue weighted by Crippen LogP contribution is -2.29. The van der Waals surface area contributed by atoms with Crippen LogP contribution in [0.2, 0.25) is 0 Å². The van der Waals surface area contributed by atoms with Crippen molar-refractivity contribution in [3.8, 4) is 5.75 Å². The number of alkyl halides is 1. The topological polar surface area (TPSA) is 81.5 Å². The molecule has 0 aromatic heterocycles. The molecule has 0 aliphatic heterocycles. The van der Waals surface area contributed by atoms with Crippen LogP contribution >= 0.6 is 0 Å². The van der Waals surface area contributed by atoms with E-state index in [-0.39, 0.29) is 18.2 Å². The highest BCUT2D eigenvalue weighted by Gasteiger charge is 2.19. The van der Waals surface area contributed by atoms with Crippen LogP contribution in [0.5, 0.6) is 5.75 Å². The number of hydrogen-bond donors (Lipinski definition) is 1. The Bertz CT molecular complexity index is 942. The smallest absolute Gasteiger partial charge is 0.273 e. The summed E-state index contributed by atoms with van der Waals surface area (Å²) in [5.74, 6) is -0.00198. The van der Waals surface area contributed by atoms with E-state index in [4.69, 9.17) is 14.4 Å². The number of para-hydroxylation sites is 1. The van der Waals surface area contributed by atoms with Crippen molar-refractivity contribution in [2.75, 3.05) is 14.2 Å². The van der Waals surface area contributed by atoms with Crippen LogP contribution in [0, 0.1) is 6.92 Å². The van der Waals surface area contributed by atoms with Crippen LogP contribution in [0.15, 0.2) is 52.8 Å². The maximum absolute atomic E-state index is 13.3. The van der Waals surface area contributed by atoms with Gasteiger partial charge in [0.05, 0.1) is 5.71 Å². The molecule has 0 saturated heterocycles. The van der Waals surface area contributed by atoms with Crippen LogP contribution in [-0.4, -0.2) is 37.8 Å². The third-order valence-corrected chi connectivity index (χ3v) is 4.27. The van der Waals surface area contributed by atoms with Gasteiger partial charge in [0.25, 0.3) is 5.91 Å². The van der Waals surface area contributed by atoms with Gasteiger partial charge in [-0.2, -0.15) is 0 Å². The van der Waals surface area contributed by atoms with Crippen molar-refractivity contribution in [2.45, 2.75) is 33.7 Å². The zero-order valence-corrected chi connectivity index (χ0v) is 17.7. The first-order valence-electron chi connectivity index (χ1n) is 9.37. The summed E-state index contributed by atoms with van der Waals surface area (Å²) in [6.07, 6.45) is -1.45. The summed E-state index contributed by atoms with van der Waals surface area (Å²) in [5.41, 5.74) is 3.52. The monoisotopic (exact) mass is 415 g/mol. The molecule has 0 aliphatic carbocycles. The number of carbonyl (C=O) groups is 1. The second-order valence-electron chi connectivity index (χ2n) is 6.41. The predicted molar refractivity (Wildman–Crippen MR) is 113 cm³/mol. The Labute approximate surface area is 175 Å². The second-order valence-corrected chi connectivity index (χ2v) is 6.41. The van der Waals surface area contributed by atoms with Gasteiger partial charge >= 0.3 is 0 Å². The average Bonchev–Trinajstić information content (AvgIpc) is 2.72. The lowest BCUT2D eigenvalue weighted by Gasteiger charge is -2.14. The van der Waals surface area contributed by atoms with Crippen molar-refractivity contribution < 1.29 is 23.6 Å². The number of amides is 1. The Morgan fingerprint density at radius 3 is 2.50 bits per heavy atom. The number of carbonyl (C=O) groups excluding carboxylic acids is 1. The fraction of sp³-hybridized carbons (Fsp3) is 0.318. The molecular weight excluding hydrogens is 389 g/mol. The summed E-state index contributed by atoms with van der Waals surface area (Å²) in [6.45, 7) is 5.05. The van der Waals surface area contributed by atoms with E-state index in [0.29, 0.717) is 22.6 Å². The molecule has 2 rings (SSSR count). The van der Waals surface area contributed by atoms with Crippen LogP contribution in [0.1, 0.15) is 36.1 Å². The molecule has 1 amide bonds. The summed E-state index contributed by atoms with van der Waals surface area (Å²) in [6, 6.07) is 12.5. The molecule has 7 nitrogen and oxygen atoms in total. The summed E-state index contributed by atoms with van der Waals surface area (Å²) in [4.78, 5) is 22.6. The van der Waals surface area contributed by atoms with Gasteiger partial charge in [-0.3, -0.25) is 4.79 Å². The van der Waals surface area contributed by atoms with Gasteiger partial charge in [-0.05, 0) is 31.5 Å². The summed E-state index contributed by atoms with van der Waals surface area (Å²) >= 11 is 0. The Hall–Kier alpha value is -3.42. The first kappa shape index (κ1) is 22.9.